The van der Waals surface area contributed by atoms with Gasteiger partial charge in [0, 0.05) is 12.4 Å². The number of piperidine rings is 1. The van der Waals surface area contributed by atoms with Crippen molar-refractivity contribution in [2.24, 2.45) is 0 Å². The Bertz CT molecular complexity index is 658. The van der Waals surface area contributed by atoms with Crippen molar-refractivity contribution in [1.82, 2.24) is 20.4 Å². The van der Waals surface area contributed by atoms with E-state index in [0.717, 1.165) is 13.1 Å². The first kappa shape index (κ1) is 19.2. The third-order valence-electron chi connectivity index (χ3n) is 4.27. The monoisotopic (exact) mass is 368 g/mol. The summed E-state index contributed by atoms with van der Waals surface area (Å²) < 4.78 is 20.1. The van der Waals surface area contributed by atoms with Crippen LogP contribution in [0.4, 0.5) is 4.39 Å². The molecule has 0 unspecified atom stereocenters. The minimum absolute atomic E-state index is 0. The van der Waals surface area contributed by atoms with Gasteiger partial charge in [0.15, 0.2) is 0 Å². The van der Waals surface area contributed by atoms with Crippen molar-refractivity contribution in [1.29, 1.82) is 0 Å². The molecule has 136 valence electrons. The summed E-state index contributed by atoms with van der Waals surface area (Å²) in [5.74, 6) is 0.229. The number of nitrogens with one attached hydrogen (secondary N) is 2. The number of carbonyl (C=O) groups excluding carboxylic acids is 1. The Kier molecular flexibility index (Phi) is 6.78. The van der Waals surface area contributed by atoms with Crippen LogP contribution < -0.4 is 15.4 Å². The van der Waals surface area contributed by atoms with Gasteiger partial charge in [-0.2, -0.15) is 5.10 Å². The van der Waals surface area contributed by atoms with Crippen molar-refractivity contribution >= 4 is 18.3 Å². The highest BCUT2D eigenvalue weighted by Crippen LogP contribution is 2.27. The largest absolute Gasteiger partial charge is 0.492 e. The summed E-state index contributed by atoms with van der Waals surface area (Å²) in [6.07, 6.45) is 4.91. The minimum atomic E-state index is -0.648. The summed E-state index contributed by atoms with van der Waals surface area (Å²) in [5.41, 5.74) is -0.648. The fourth-order valence-corrected chi connectivity index (χ4v) is 2.95. The van der Waals surface area contributed by atoms with E-state index in [4.69, 9.17) is 4.74 Å². The Labute approximate surface area is 152 Å². The van der Waals surface area contributed by atoms with E-state index in [1.807, 2.05) is 12.3 Å². The van der Waals surface area contributed by atoms with E-state index < -0.39 is 5.54 Å². The Hall–Kier alpha value is -2.12. The number of ether oxygens (including phenoxy) is 1. The van der Waals surface area contributed by atoms with Crippen LogP contribution in [0.2, 0.25) is 0 Å². The van der Waals surface area contributed by atoms with Gasteiger partial charge >= 0.3 is 0 Å². The Morgan fingerprint density at radius 1 is 1.32 bits per heavy atom. The van der Waals surface area contributed by atoms with Crippen LogP contribution >= 0.6 is 12.4 Å². The standard InChI is InChI=1S/C17H21FN4O2.ClH/c18-14-2-4-15(5-3-14)24-13-11-20-16(23)17(6-9-19-10-7-17)22-12-1-8-21-22;/h1-5,8,12,19H,6-7,9-11,13H2,(H,20,23);1H. The second-order valence-electron chi connectivity index (χ2n) is 5.79. The van der Waals surface area contributed by atoms with Crippen LogP contribution in [-0.4, -0.2) is 41.9 Å². The predicted octanol–water partition coefficient (Wildman–Crippen LogP) is 1.72. The molecule has 1 saturated heterocycles. The molecule has 0 saturated carbocycles. The maximum atomic E-state index is 12.8. The topological polar surface area (TPSA) is 68.2 Å². The summed E-state index contributed by atoms with van der Waals surface area (Å²) in [7, 11) is 0. The maximum Gasteiger partial charge on any atom is 0.248 e. The molecule has 2 aromatic rings. The van der Waals surface area contributed by atoms with Crippen LogP contribution in [0.5, 0.6) is 5.75 Å². The van der Waals surface area contributed by atoms with Gasteiger partial charge in [-0.15, -0.1) is 12.4 Å². The predicted molar refractivity (Wildman–Crippen MR) is 94.5 cm³/mol. The number of carbonyl (C=O) groups is 1. The number of amides is 1. The molecule has 1 aromatic heterocycles. The molecule has 2 heterocycles. The van der Waals surface area contributed by atoms with Gasteiger partial charge in [0.1, 0.15) is 23.7 Å². The quantitative estimate of drug-likeness (QED) is 0.762. The number of hydrogen-bond donors (Lipinski definition) is 2. The first-order valence-corrected chi connectivity index (χ1v) is 8.08. The van der Waals surface area contributed by atoms with Gasteiger partial charge in [-0.25, -0.2) is 4.39 Å². The lowest BCUT2D eigenvalue weighted by molar-refractivity contribution is -0.132. The molecule has 0 spiro atoms. The van der Waals surface area contributed by atoms with Crippen molar-refractivity contribution in [3.63, 3.8) is 0 Å². The van der Waals surface area contributed by atoms with Crippen molar-refractivity contribution in [2.45, 2.75) is 18.4 Å². The van der Waals surface area contributed by atoms with Gasteiger partial charge in [0.25, 0.3) is 0 Å². The van der Waals surface area contributed by atoms with E-state index in [2.05, 4.69) is 15.7 Å². The van der Waals surface area contributed by atoms with Gasteiger partial charge in [-0.1, -0.05) is 0 Å². The maximum absolute atomic E-state index is 12.8. The third kappa shape index (κ3) is 4.49. The van der Waals surface area contributed by atoms with Crippen LogP contribution in [0, 0.1) is 5.82 Å². The lowest BCUT2D eigenvalue weighted by Crippen LogP contribution is -2.55. The number of hydrogen-bond acceptors (Lipinski definition) is 4. The first-order chi connectivity index (χ1) is 11.7. The van der Waals surface area contributed by atoms with E-state index in [-0.39, 0.29) is 24.1 Å². The molecule has 0 bridgehead atoms. The number of nitrogens with zero attached hydrogens (tertiary/aromatic N) is 2. The molecule has 2 N–H and O–H groups in total. The van der Waals surface area contributed by atoms with E-state index in [1.54, 1.807) is 23.0 Å². The first-order valence-electron chi connectivity index (χ1n) is 8.08. The molecule has 0 atom stereocenters. The fraction of sp³-hybridized carbons (Fsp3) is 0.412. The van der Waals surface area contributed by atoms with Crippen LogP contribution in [-0.2, 0) is 10.3 Å². The Morgan fingerprint density at radius 2 is 2.04 bits per heavy atom. The molecule has 8 heteroatoms. The molecule has 3 rings (SSSR count). The summed E-state index contributed by atoms with van der Waals surface area (Å²) in [5, 5.41) is 10.5. The van der Waals surface area contributed by atoms with Gasteiger partial charge < -0.3 is 15.4 Å². The van der Waals surface area contributed by atoms with E-state index in [1.165, 1.54) is 12.1 Å². The average molecular weight is 369 g/mol. The van der Waals surface area contributed by atoms with Crippen LogP contribution in [0.15, 0.2) is 42.7 Å². The summed E-state index contributed by atoms with van der Waals surface area (Å²) in [4.78, 5) is 12.8. The number of rotatable bonds is 6. The van der Waals surface area contributed by atoms with Gasteiger partial charge in [0.2, 0.25) is 5.91 Å². The smallest absolute Gasteiger partial charge is 0.248 e. The molecule has 0 radical (unpaired) electrons. The van der Waals surface area contributed by atoms with Gasteiger partial charge in [0.05, 0.1) is 6.54 Å². The summed E-state index contributed by atoms with van der Waals surface area (Å²) >= 11 is 0. The van der Waals surface area contributed by atoms with Gasteiger partial charge in [-0.3, -0.25) is 9.48 Å². The minimum Gasteiger partial charge on any atom is -0.492 e. The van der Waals surface area contributed by atoms with Crippen LogP contribution in [0.3, 0.4) is 0 Å². The highest BCUT2D eigenvalue weighted by atomic mass is 35.5. The zero-order valence-corrected chi connectivity index (χ0v) is 14.6. The lowest BCUT2D eigenvalue weighted by Gasteiger charge is -2.36. The summed E-state index contributed by atoms with van der Waals surface area (Å²) in [6.45, 7) is 2.26. The number of halogens is 2. The second-order valence-corrected chi connectivity index (χ2v) is 5.79. The highest BCUT2D eigenvalue weighted by Gasteiger charge is 2.41. The molecule has 6 nitrogen and oxygen atoms in total. The third-order valence-corrected chi connectivity index (χ3v) is 4.27. The SMILES string of the molecule is Cl.O=C(NCCOc1ccc(F)cc1)C1(n2cccn2)CCNCC1. The van der Waals surface area contributed by atoms with E-state index >= 15 is 0 Å². The zero-order chi connectivity index (χ0) is 16.8. The van der Waals surface area contributed by atoms with E-state index in [0.29, 0.717) is 31.7 Å². The molecule has 1 amide bonds. The molecule has 25 heavy (non-hydrogen) atoms. The molecule has 0 aliphatic carbocycles. The van der Waals surface area contributed by atoms with Crippen molar-refractivity contribution in [3.8, 4) is 5.75 Å². The average Bonchev–Trinajstić information content (AvgIpc) is 3.16. The second kappa shape index (κ2) is 8.82. The van der Waals surface area contributed by atoms with Crippen LogP contribution in [0.1, 0.15) is 12.8 Å². The van der Waals surface area contributed by atoms with Crippen molar-refractivity contribution in [3.05, 3.63) is 48.5 Å². The number of benzene rings is 1. The number of aromatic nitrogens is 2. The fourth-order valence-electron chi connectivity index (χ4n) is 2.95. The van der Waals surface area contributed by atoms with Gasteiger partial charge in [-0.05, 0) is 56.3 Å². The summed E-state index contributed by atoms with van der Waals surface area (Å²) in [6, 6.07) is 7.64. The van der Waals surface area contributed by atoms with E-state index in [9.17, 15) is 9.18 Å². The lowest BCUT2D eigenvalue weighted by atomic mass is 9.87. The Balaban J connectivity index is 0.00000225. The van der Waals surface area contributed by atoms with Crippen molar-refractivity contribution < 1.29 is 13.9 Å². The Morgan fingerprint density at radius 3 is 2.68 bits per heavy atom. The highest BCUT2D eigenvalue weighted by molar-refractivity contribution is 5.85. The normalized spacial score (nSPS) is 15.9. The van der Waals surface area contributed by atoms with Crippen LogP contribution in [0.25, 0.3) is 0 Å². The molecule has 1 aromatic carbocycles. The van der Waals surface area contributed by atoms with Crippen molar-refractivity contribution in [2.75, 3.05) is 26.2 Å². The molecule has 1 aliphatic rings. The molecule has 1 fully saturated rings. The zero-order valence-electron chi connectivity index (χ0n) is 13.8. The molecular weight excluding hydrogens is 347 g/mol. The molecule has 1 aliphatic heterocycles. The molecular formula is C17H22ClFN4O2.